The normalized spacial score (nSPS) is 17.4. The number of Topliss-reactive ketones (excluding diaryl/α,β-unsaturated/α-hetero) is 1. The third-order valence-corrected chi connectivity index (χ3v) is 4.64. The number of ketones is 1. The monoisotopic (exact) mass is 373 g/mol. The van der Waals surface area contributed by atoms with E-state index in [1.165, 1.54) is 0 Å². The van der Waals surface area contributed by atoms with Crippen LogP contribution in [0.2, 0.25) is 0 Å². The predicted octanol–water partition coefficient (Wildman–Crippen LogP) is 4.58. The topological polar surface area (TPSA) is 66.8 Å². The van der Waals surface area contributed by atoms with Crippen molar-refractivity contribution in [3.8, 4) is 5.75 Å². The van der Waals surface area contributed by atoms with Crippen molar-refractivity contribution in [3.05, 3.63) is 41.2 Å². The van der Waals surface area contributed by atoms with Crippen LogP contribution < -0.4 is 4.74 Å². The molecule has 5 heteroatoms. The fraction of sp³-hybridized carbons (Fsp3) is 0.545. The van der Waals surface area contributed by atoms with Gasteiger partial charge in [0.1, 0.15) is 5.75 Å². The summed E-state index contributed by atoms with van der Waals surface area (Å²) in [7, 11) is 0. The Labute approximate surface area is 162 Å². The molecule has 1 aromatic rings. The van der Waals surface area contributed by atoms with Crippen LogP contribution in [0, 0.1) is 5.92 Å². The second-order valence-electron chi connectivity index (χ2n) is 7.63. The van der Waals surface area contributed by atoms with Crippen LogP contribution in [0.3, 0.4) is 0 Å². The van der Waals surface area contributed by atoms with Gasteiger partial charge in [-0.15, -0.1) is 0 Å². The number of benzene rings is 1. The maximum atomic E-state index is 12.8. The molecule has 5 nitrogen and oxygen atoms in total. The minimum Gasteiger partial charge on any atom is -0.503 e. The van der Waals surface area contributed by atoms with E-state index in [0.717, 1.165) is 24.8 Å². The van der Waals surface area contributed by atoms with E-state index < -0.39 is 17.7 Å². The Balaban J connectivity index is 2.46. The maximum Gasteiger partial charge on any atom is 0.290 e. The first kappa shape index (κ1) is 21.0. The molecular weight excluding hydrogens is 342 g/mol. The second-order valence-corrected chi connectivity index (χ2v) is 7.63. The molecule has 1 unspecified atom stereocenters. The van der Waals surface area contributed by atoms with Gasteiger partial charge in [-0.25, -0.2) is 0 Å². The first-order valence-electron chi connectivity index (χ1n) is 9.82. The fourth-order valence-electron chi connectivity index (χ4n) is 3.36. The maximum absolute atomic E-state index is 12.8. The molecule has 0 aromatic heterocycles. The second kappa shape index (κ2) is 9.07. The average Bonchev–Trinajstić information content (AvgIpc) is 2.85. The van der Waals surface area contributed by atoms with Crippen LogP contribution in [0.1, 0.15) is 65.5 Å². The molecule has 1 aliphatic heterocycles. The Kier molecular flexibility index (Phi) is 7.05. The lowest BCUT2D eigenvalue weighted by atomic mass is 9.91. The van der Waals surface area contributed by atoms with E-state index in [1.807, 2.05) is 38.1 Å². The number of nitrogens with zero attached hydrogens (tertiary/aromatic N) is 1. The van der Waals surface area contributed by atoms with E-state index in [2.05, 4.69) is 6.92 Å². The van der Waals surface area contributed by atoms with E-state index in [4.69, 9.17) is 4.74 Å². The Bertz CT molecular complexity index is 721. The summed E-state index contributed by atoms with van der Waals surface area (Å²) in [4.78, 5) is 27.1. The minimum absolute atomic E-state index is 0.0202. The van der Waals surface area contributed by atoms with Crippen molar-refractivity contribution in [2.45, 2.75) is 66.0 Å². The molecule has 0 spiro atoms. The zero-order valence-corrected chi connectivity index (χ0v) is 17.0. The van der Waals surface area contributed by atoms with Crippen LogP contribution in [-0.2, 0) is 9.59 Å². The molecular formula is C22H31NO4. The lowest BCUT2D eigenvalue weighted by Crippen LogP contribution is -2.32. The molecule has 0 radical (unpaired) electrons. The molecule has 2 rings (SSSR count). The van der Waals surface area contributed by atoms with E-state index >= 15 is 0 Å². The minimum atomic E-state index is -0.569. The largest absolute Gasteiger partial charge is 0.503 e. The van der Waals surface area contributed by atoms with Crippen LogP contribution in [0.15, 0.2) is 35.6 Å². The average molecular weight is 373 g/mol. The third-order valence-electron chi connectivity index (χ3n) is 4.64. The quantitative estimate of drug-likeness (QED) is 0.643. The van der Waals surface area contributed by atoms with Crippen molar-refractivity contribution in [3.63, 3.8) is 0 Å². The molecule has 1 aromatic carbocycles. The zero-order chi connectivity index (χ0) is 20.1. The summed E-state index contributed by atoms with van der Waals surface area (Å²) >= 11 is 0. The number of aliphatic hydroxyl groups is 1. The van der Waals surface area contributed by atoms with Crippen LogP contribution >= 0.6 is 0 Å². The molecule has 0 bridgehead atoms. The van der Waals surface area contributed by atoms with Gasteiger partial charge in [0.15, 0.2) is 11.5 Å². The number of aliphatic hydroxyl groups excluding tert-OH is 1. The molecule has 0 saturated heterocycles. The number of hydrogen-bond acceptors (Lipinski definition) is 4. The van der Waals surface area contributed by atoms with Gasteiger partial charge in [-0.2, -0.15) is 0 Å². The summed E-state index contributed by atoms with van der Waals surface area (Å²) in [5, 5.41) is 10.5. The lowest BCUT2D eigenvalue weighted by molar-refractivity contribution is -0.129. The predicted molar refractivity (Wildman–Crippen MR) is 106 cm³/mol. The Hall–Kier alpha value is -2.30. The zero-order valence-electron chi connectivity index (χ0n) is 17.0. The summed E-state index contributed by atoms with van der Waals surface area (Å²) in [6, 6.07) is 6.88. The first-order chi connectivity index (χ1) is 12.8. The highest BCUT2D eigenvalue weighted by molar-refractivity contribution is 6.09. The van der Waals surface area contributed by atoms with Crippen molar-refractivity contribution in [2.75, 3.05) is 6.54 Å². The van der Waals surface area contributed by atoms with Gasteiger partial charge >= 0.3 is 0 Å². The Morgan fingerprint density at radius 3 is 2.52 bits per heavy atom. The number of amides is 1. The van der Waals surface area contributed by atoms with Gasteiger partial charge in [0.25, 0.3) is 5.91 Å². The van der Waals surface area contributed by atoms with Crippen LogP contribution in [-0.4, -0.2) is 34.3 Å². The van der Waals surface area contributed by atoms with Crippen molar-refractivity contribution >= 4 is 11.7 Å². The first-order valence-corrected chi connectivity index (χ1v) is 9.82. The number of unbranched alkanes of at least 4 members (excludes halogenated alkanes) is 2. The SMILES string of the molecule is CCCCCN1C(=O)C(O)=C(C(=O)C(C)C)C1c1cccc(OC(C)C)c1. The smallest absolute Gasteiger partial charge is 0.290 e. The van der Waals surface area contributed by atoms with Crippen molar-refractivity contribution in [2.24, 2.45) is 5.92 Å². The van der Waals surface area contributed by atoms with Crippen molar-refractivity contribution in [1.29, 1.82) is 0 Å². The number of hydrogen-bond donors (Lipinski definition) is 1. The van der Waals surface area contributed by atoms with E-state index in [9.17, 15) is 14.7 Å². The van der Waals surface area contributed by atoms with Gasteiger partial charge in [-0.05, 0) is 38.0 Å². The number of rotatable bonds is 9. The summed E-state index contributed by atoms with van der Waals surface area (Å²) in [6.45, 7) is 10.1. The fourth-order valence-corrected chi connectivity index (χ4v) is 3.36. The molecule has 1 N–H and O–H groups in total. The molecule has 0 saturated carbocycles. The van der Waals surface area contributed by atoms with Crippen LogP contribution in [0.4, 0.5) is 0 Å². The highest BCUT2D eigenvalue weighted by Gasteiger charge is 2.43. The number of carbonyl (C=O) groups excluding carboxylic acids is 2. The number of carbonyl (C=O) groups is 2. The van der Waals surface area contributed by atoms with Crippen LogP contribution in [0.5, 0.6) is 5.75 Å². The molecule has 1 heterocycles. The summed E-state index contributed by atoms with van der Waals surface area (Å²) < 4.78 is 5.78. The Morgan fingerprint density at radius 1 is 1.22 bits per heavy atom. The summed E-state index contributed by atoms with van der Waals surface area (Å²) in [5.41, 5.74) is 0.985. The lowest BCUT2D eigenvalue weighted by Gasteiger charge is -2.27. The van der Waals surface area contributed by atoms with E-state index in [-0.39, 0.29) is 23.4 Å². The van der Waals surface area contributed by atoms with Crippen molar-refractivity contribution in [1.82, 2.24) is 4.90 Å². The number of ether oxygens (including phenoxy) is 1. The Morgan fingerprint density at radius 2 is 1.93 bits per heavy atom. The van der Waals surface area contributed by atoms with E-state index in [1.54, 1.807) is 18.7 Å². The van der Waals surface area contributed by atoms with Gasteiger partial charge in [0.2, 0.25) is 0 Å². The van der Waals surface area contributed by atoms with Gasteiger partial charge in [0, 0.05) is 12.5 Å². The standard InChI is InChI=1S/C22H31NO4/c1-6-7-8-12-23-19(16-10-9-11-17(13-16)27-15(4)5)18(20(24)14(2)3)21(25)22(23)26/h9-11,13-15,19,25H,6-8,12H2,1-5H3. The van der Waals surface area contributed by atoms with Gasteiger partial charge in [0.05, 0.1) is 17.7 Å². The summed E-state index contributed by atoms with van der Waals surface area (Å²) in [6.07, 6.45) is 2.87. The van der Waals surface area contributed by atoms with Gasteiger partial charge in [-0.1, -0.05) is 45.7 Å². The van der Waals surface area contributed by atoms with Crippen LogP contribution in [0.25, 0.3) is 0 Å². The summed E-state index contributed by atoms with van der Waals surface area (Å²) in [5.74, 6) is -0.686. The molecule has 27 heavy (non-hydrogen) atoms. The molecule has 1 amide bonds. The van der Waals surface area contributed by atoms with Gasteiger partial charge < -0.3 is 14.7 Å². The van der Waals surface area contributed by atoms with Crippen molar-refractivity contribution < 1.29 is 19.4 Å². The van der Waals surface area contributed by atoms with Gasteiger partial charge in [-0.3, -0.25) is 9.59 Å². The molecule has 1 atom stereocenters. The molecule has 0 fully saturated rings. The highest BCUT2D eigenvalue weighted by atomic mass is 16.5. The van der Waals surface area contributed by atoms with E-state index in [0.29, 0.717) is 12.3 Å². The molecule has 148 valence electrons. The third kappa shape index (κ3) is 4.71. The molecule has 1 aliphatic rings. The highest BCUT2D eigenvalue weighted by Crippen LogP contribution is 2.40. The molecule has 0 aliphatic carbocycles.